The predicted octanol–water partition coefficient (Wildman–Crippen LogP) is 5.32. The summed E-state index contributed by atoms with van der Waals surface area (Å²) >= 11 is 0. The lowest BCUT2D eigenvalue weighted by atomic mass is 10.2. The Bertz CT molecular complexity index is 1630. The standard InChI is InChI=1S/C32H32F3N7O5/c33-32(34,35)21-47-30-40-28-37-19-22-7-13-26(14-8-22)45-18-4-16-42(31(44)46-20-23-5-2-1-3-6-23)17-15-36-27(43)24-9-11-25(12-10-24)38-29(39-28)41-30/h1-3,5-14H,4,15-21H2,(H,36,43)(H2,37,38,39,40,41). The molecule has 5 heterocycles. The van der Waals surface area contributed by atoms with Crippen molar-refractivity contribution in [3.05, 3.63) is 95.6 Å². The Morgan fingerprint density at radius 2 is 1.64 bits per heavy atom. The number of nitrogens with zero attached hydrogens (tertiary/aromatic N) is 4. The van der Waals surface area contributed by atoms with Crippen molar-refractivity contribution in [3.63, 3.8) is 0 Å². The van der Waals surface area contributed by atoms with Crippen molar-refractivity contribution >= 4 is 29.6 Å². The summed E-state index contributed by atoms with van der Waals surface area (Å²) in [6.07, 6.45) is -4.59. The number of hydrogen-bond donors (Lipinski definition) is 3. The largest absolute Gasteiger partial charge is 0.494 e. The molecule has 246 valence electrons. The molecule has 4 aliphatic heterocycles. The number of rotatable bonds is 4. The molecule has 0 saturated heterocycles. The second-order valence-corrected chi connectivity index (χ2v) is 10.4. The third kappa shape index (κ3) is 10.5. The van der Waals surface area contributed by atoms with Gasteiger partial charge in [0.2, 0.25) is 11.9 Å². The highest BCUT2D eigenvalue weighted by Crippen LogP contribution is 2.21. The minimum Gasteiger partial charge on any atom is -0.494 e. The van der Waals surface area contributed by atoms with Gasteiger partial charge in [-0.2, -0.15) is 28.1 Å². The maximum atomic E-state index is 13.0. The van der Waals surface area contributed by atoms with Gasteiger partial charge in [-0.3, -0.25) is 4.79 Å². The Morgan fingerprint density at radius 3 is 2.38 bits per heavy atom. The summed E-state index contributed by atoms with van der Waals surface area (Å²) in [5, 5.41) is 8.68. The summed E-state index contributed by atoms with van der Waals surface area (Å²) in [7, 11) is 0. The Morgan fingerprint density at radius 1 is 0.894 bits per heavy atom. The molecule has 0 radical (unpaired) electrons. The highest BCUT2D eigenvalue weighted by molar-refractivity contribution is 5.94. The quantitative estimate of drug-likeness (QED) is 0.266. The van der Waals surface area contributed by atoms with Crippen molar-refractivity contribution in [1.82, 2.24) is 25.2 Å². The van der Waals surface area contributed by atoms with E-state index in [1.54, 1.807) is 36.4 Å². The fraction of sp³-hybridized carbons (Fsp3) is 0.281. The fourth-order valence-corrected chi connectivity index (χ4v) is 4.38. The van der Waals surface area contributed by atoms with Crippen molar-refractivity contribution < 1.29 is 37.0 Å². The van der Waals surface area contributed by atoms with E-state index < -0.39 is 24.9 Å². The number of amides is 2. The van der Waals surface area contributed by atoms with Gasteiger partial charge in [0.15, 0.2) is 6.61 Å². The Balaban J connectivity index is 1.31. The molecule has 4 aliphatic rings. The van der Waals surface area contributed by atoms with Gasteiger partial charge in [0.05, 0.1) is 6.61 Å². The van der Waals surface area contributed by atoms with Gasteiger partial charge in [0.1, 0.15) is 12.4 Å². The molecule has 3 aromatic carbocycles. The molecular formula is C32H32F3N7O5. The summed E-state index contributed by atoms with van der Waals surface area (Å²) in [6.45, 7) is -0.176. The lowest BCUT2D eigenvalue weighted by molar-refractivity contribution is -0.154. The van der Waals surface area contributed by atoms with Crippen LogP contribution >= 0.6 is 0 Å². The molecule has 6 bridgehead atoms. The zero-order chi connectivity index (χ0) is 33.1. The number of alkyl halides is 3. The number of benzene rings is 3. The Hall–Kier alpha value is -5.60. The molecule has 1 aromatic heterocycles. The van der Waals surface area contributed by atoms with Crippen LogP contribution in [0.15, 0.2) is 78.9 Å². The summed E-state index contributed by atoms with van der Waals surface area (Å²) < 4.78 is 54.6. The summed E-state index contributed by atoms with van der Waals surface area (Å²) in [6, 6.07) is 22.3. The number of carbonyl (C=O) groups is 2. The summed E-state index contributed by atoms with van der Waals surface area (Å²) in [4.78, 5) is 39.5. The molecule has 0 spiro atoms. The molecule has 0 unspecified atom stereocenters. The Labute approximate surface area is 268 Å². The van der Waals surface area contributed by atoms with Crippen molar-refractivity contribution in [2.75, 3.05) is 43.5 Å². The first-order valence-electron chi connectivity index (χ1n) is 14.7. The van der Waals surface area contributed by atoms with Gasteiger partial charge < -0.3 is 35.1 Å². The van der Waals surface area contributed by atoms with E-state index in [4.69, 9.17) is 14.2 Å². The van der Waals surface area contributed by atoms with Crippen molar-refractivity contribution in [1.29, 1.82) is 0 Å². The van der Waals surface area contributed by atoms with Crippen LogP contribution in [-0.4, -0.2) is 70.9 Å². The van der Waals surface area contributed by atoms with Crippen LogP contribution in [0.25, 0.3) is 0 Å². The van der Waals surface area contributed by atoms with E-state index in [1.807, 2.05) is 42.5 Å². The number of carbonyl (C=O) groups excluding carboxylic acids is 2. The fourth-order valence-electron chi connectivity index (χ4n) is 4.38. The van der Waals surface area contributed by atoms with Crippen molar-refractivity contribution in [2.24, 2.45) is 0 Å². The number of anilines is 3. The lowest BCUT2D eigenvalue weighted by Crippen LogP contribution is -2.39. The van der Waals surface area contributed by atoms with Crippen LogP contribution in [0.2, 0.25) is 0 Å². The van der Waals surface area contributed by atoms with E-state index in [2.05, 4.69) is 30.9 Å². The molecule has 0 fully saturated rings. The lowest BCUT2D eigenvalue weighted by Gasteiger charge is -2.22. The molecule has 2 amide bonds. The minimum atomic E-state index is -4.59. The molecule has 8 rings (SSSR count). The average molecular weight is 652 g/mol. The third-order valence-electron chi connectivity index (χ3n) is 6.73. The molecule has 12 nitrogen and oxygen atoms in total. The molecule has 15 heteroatoms. The van der Waals surface area contributed by atoms with Crippen LogP contribution in [0.3, 0.4) is 0 Å². The van der Waals surface area contributed by atoms with Gasteiger partial charge in [0, 0.05) is 37.4 Å². The van der Waals surface area contributed by atoms with Crippen molar-refractivity contribution in [2.45, 2.75) is 25.7 Å². The second kappa shape index (κ2) is 15.6. The highest BCUT2D eigenvalue weighted by atomic mass is 19.4. The molecule has 0 saturated carbocycles. The first-order valence-corrected chi connectivity index (χ1v) is 14.7. The van der Waals surface area contributed by atoms with Gasteiger partial charge in [-0.05, 0) is 53.9 Å². The van der Waals surface area contributed by atoms with Crippen LogP contribution < -0.4 is 25.4 Å². The Kier molecular flexibility index (Phi) is 10.9. The van der Waals surface area contributed by atoms with Crippen LogP contribution in [0.1, 0.15) is 27.9 Å². The number of aromatic nitrogens is 3. The normalized spacial score (nSPS) is 14.3. The average Bonchev–Trinajstić information content (AvgIpc) is 3.07. The first-order chi connectivity index (χ1) is 22.7. The number of nitrogens with one attached hydrogen (secondary N) is 3. The van der Waals surface area contributed by atoms with Crippen LogP contribution in [0, 0.1) is 0 Å². The molecule has 3 N–H and O–H groups in total. The smallest absolute Gasteiger partial charge is 0.422 e. The van der Waals surface area contributed by atoms with Gasteiger partial charge in [-0.15, -0.1) is 0 Å². The van der Waals surface area contributed by atoms with E-state index in [-0.39, 0.29) is 44.0 Å². The maximum Gasteiger partial charge on any atom is 0.422 e. The van der Waals surface area contributed by atoms with E-state index in [0.29, 0.717) is 36.6 Å². The topological polar surface area (TPSA) is 140 Å². The van der Waals surface area contributed by atoms with E-state index >= 15 is 0 Å². The number of ether oxygens (including phenoxy) is 3. The monoisotopic (exact) mass is 651 g/mol. The minimum absolute atomic E-state index is 0.0127. The van der Waals surface area contributed by atoms with Crippen LogP contribution in [0.5, 0.6) is 11.8 Å². The summed E-state index contributed by atoms with van der Waals surface area (Å²) in [5.74, 6) is 0.157. The van der Waals surface area contributed by atoms with Crippen molar-refractivity contribution in [3.8, 4) is 11.8 Å². The SMILES string of the molecule is O=C1NCCN(C(=O)OCc2ccccc2)CCCOc2ccc(cc2)CNc2nc(nc(OCC(F)(F)F)n2)Nc2ccc1cc2. The number of hydrogen-bond acceptors (Lipinski definition) is 10. The first kappa shape index (κ1) is 32.8. The molecule has 47 heavy (non-hydrogen) atoms. The maximum absolute atomic E-state index is 13.0. The molecular weight excluding hydrogens is 619 g/mol. The van der Waals surface area contributed by atoms with Gasteiger partial charge in [0.25, 0.3) is 5.91 Å². The highest BCUT2D eigenvalue weighted by Gasteiger charge is 2.29. The molecule has 0 aliphatic carbocycles. The van der Waals surface area contributed by atoms with E-state index in [9.17, 15) is 22.8 Å². The zero-order valence-electron chi connectivity index (χ0n) is 25.1. The molecule has 4 aromatic rings. The number of halogens is 3. The van der Waals surface area contributed by atoms with Crippen LogP contribution in [-0.2, 0) is 17.9 Å². The van der Waals surface area contributed by atoms with Gasteiger partial charge in [-0.1, -0.05) is 42.5 Å². The van der Waals surface area contributed by atoms with Gasteiger partial charge in [-0.25, -0.2) is 4.79 Å². The van der Waals surface area contributed by atoms with E-state index in [0.717, 1.165) is 11.1 Å². The van der Waals surface area contributed by atoms with Crippen LogP contribution in [0.4, 0.5) is 35.5 Å². The predicted molar refractivity (Wildman–Crippen MR) is 166 cm³/mol. The summed E-state index contributed by atoms with van der Waals surface area (Å²) in [5.41, 5.74) is 2.48. The molecule has 0 atom stereocenters. The zero-order valence-corrected chi connectivity index (χ0v) is 25.1. The van der Waals surface area contributed by atoms with Gasteiger partial charge >= 0.3 is 18.3 Å². The third-order valence-corrected chi connectivity index (χ3v) is 6.73. The van der Waals surface area contributed by atoms with E-state index in [1.165, 1.54) is 4.90 Å². The second-order valence-electron chi connectivity index (χ2n) is 10.4.